The third kappa shape index (κ3) is 10.3. The summed E-state index contributed by atoms with van der Waals surface area (Å²) in [6, 6.07) is 16.2. The van der Waals surface area contributed by atoms with Crippen LogP contribution in [0.15, 0.2) is 67.0 Å². The van der Waals surface area contributed by atoms with Crippen molar-refractivity contribution in [2.45, 2.75) is 25.9 Å². The summed E-state index contributed by atoms with van der Waals surface area (Å²) in [5, 5.41) is 12.3. The molecule has 2 heterocycles. The molecule has 0 bridgehead atoms. The molecule has 7 nitrogen and oxygen atoms in total. The molecule has 1 amide bonds. The lowest BCUT2D eigenvalue weighted by atomic mass is 10.2. The van der Waals surface area contributed by atoms with E-state index in [0.717, 1.165) is 30.3 Å². The fraction of sp³-hybridized carbons (Fsp3) is 0.346. The van der Waals surface area contributed by atoms with Gasteiger partial charge in [-0.1, -0.05) is 42.5 Å². The van der Waals surface area contributed by atoms with Crippen LogP contribution in [0.1, 0.15) is 35.0 Å². The zero-order valence-corrected chi connectivity index (χ0v) is 20.5. The molecule has 0 spiro atoms. The molecule has 1 aromatic carbocycles. The highest BCUT2D eigenvalue weighted by molar-refractivity contribution is 5.95. The number of halogens is 3. The number of hydrogen-bond acceptors (Lipinski definition) is 6. The summed E-state index contributed by atoms with van der Waals surface area (Å²) < 4.78 is 37.5. The number of hydrogen-bond donors (Lipinski definition) is 4. The Hall–Kier alpha value is -3.66. The smallest absolute Gasteiger partial charge is 0.382 e. The normalized spacial score (nSPS) is 10.7. The number of benzene rings is 1. The molecule has 0 unspecified atom stereocenters. The summed E-state index contributed by atoms with van der Waals surface area (Å²) in [7, 11) is 1.76. The number of nitrogens with one attached hydrogen (secondary N) is 4. The van der Waals surface area contributed by atoms with E-state index in [4.69, 9.17) is 0 Å². The largest absolute Gasteiger partial charge is 0.433 e. The van der Waals surface area contributed by atoms with Crippen molar-refractivity contribution in [3.05, 3.63) is 83.8 Å². The highest BCUT2D eigenvalue weighted by Gasteiger charge is 2.31. The molecular formula is C26H33F3N6O. The molecule has 0 aliphatic rings. The number of rotatable bonds is 11. The van der Waals surface area contributed by atoms with Crippen LogP contribution >= 0.6 is 0 Å². The number of amides is 1. The third-order valence-corrected chi connectivity index (χ3v) is 4.94. The predicted molar refractivity (Wildman–Crippen MR) is 137 cm³/mol. The van der Waals surface area contributed by atoms with E-state index in [1.807, 2.05) is 43.3 Å². The Labute approximate surface area is 209 Å². The van der Waals surface area contributed by atoms with Gasteiger partial charge in [-0.15, -0.1) is 0 Å². The first-order valence-corrected chi connectivity index (χ1v) is 11.8. The molecule has 0 saturated carbocycles. The highest BCUT2D eigenvalue weighted by atomic mass is 19.4. The Morgan fingerprint density at radius 3 is 2.19 bits per heavy atom. The first-order valence-electron chi connectivity index (χ1n) is 11.8. The first kappa shape index (κ1) is 28.6. The van der Waals surface area contributed by atoms with Gasteiger partial charge in [0.1, 0.15) is 11.5 Å². The number of carbonyl (C=O) groups is 1. The van der Waals surface area contributed by atoms with Crippen LogP contribution < -0.4 is 21.3 Å². The van der Waals surface area contributed by atoms with Gasteiger partial charge in [-0.2, -0.15) is 13.2 Å². The maximum absolute atomic E-state index is 12.5. The van der Waals surface area contributed by atoms with Gasteiger partial charge in [-0.05, 0) is 50.6 Å². The van der Waals surface area contributed by atoms with Crippen LogP contribution in [0.4, 0.5) is 24.7 Å². The molecule has 0 radical (unpaired) electrons. The summed E-state index contributed by atoms with van der Waals surface area (Å²) in [6.45, 7) is 4.45. The van der Waals surface area contributed by atoms with E-state index in [2.05, 4.69) is 31.2 Å². The number of nitrogens with zero attached hydrogens (tertiary/aromatic N) is 2. The Morgan fingerprint density at radius 1 is 0.944 bits per heavy atom. The van der Waals surface area contributed by atoms with Crippen molar-refractivity contribution in [1.82, 2.24) is 20.6 Å². The second-order valence-corrected chi connectivity index (χ2v) is 7.71. The Morgan fingerprint density at radius 2 is 1.64 bits per heavy atom. The van der Waals surface area contributed by atoms with Gasteiger partial charge in [0.05, 0.1) is 11.3 Å². The van der Waals surface area contributed by atoms with Gasteiger partial charge < -0.3 is 21.3 Å². The van der Waals surface area contributed by atoms with E-state index >= 15 is 0 Å². The predicted octanol–water partition coefficient (Wildman–Crippen LogP) is 4.61. The van der Waals surface area contributed by atoms with E-state index in [9.17, 15) is 18.0 Å². The number of aromatic nitrogens is 2. The van der Waals surface area contributed by atoms with Crippen molar-refractivity contribution < 1.29 is 18.0 Å². The Bertz CT molecular complexity index is 1000. The molecule has 194 valence electrons. The van der Waals surface area contributed by atoms with E-state index in [1.54, 1.807) is 13.1 Å². The van der Waals surface area contributed by atoms with Crippen LogP contribution in [0.25, 0.3) is 0 Å². The number of anilines is 2. The number of carbonyl (C=O) groups excluding carboxylic acids is 1. The number of alkyl halides is 3. The molecule has 0 atom stereocenters. The molecular weight excluding hydrogens is 469 g/mol. The molecule has 3 rings (SSSR count). The van der Waals surface area contributed by atoms with Gasteiger partial charge in [-0.25, -0.2) is 4.98 Å². The SMILES string of the molecule is CCNC(=O)c1cnc(NC)c(NCCCNCCc2ccc(C(F)(F)F)nc2)c1.c1ccccc1. The van der Waals surface area contributed by atoms with Crippen LogP contribution in [-0.2, 0) is 12.6 Å². The Balaban J connectivity index is 0.000000662. The molecule has 0 saturated heterocycles. The first-order chi connectivity index (χ1) is 17.3. The minimum absolute atomic E-state index is 0.171. The molecule has 2 aromatic heterocycles. The quantitative estimate of drug-likeness (QED) is 0.287. The molecule has 0 fully saturated rings. The van der Waals surface area contributed by atoms with Crippen molar-refractivity contribution in [3.63, 3.8) is 0 Å². The van der Waals surface area contributed by atoms with Gasteiger partial charge in [0.25, 0.3) is 5.91 Å². The summed E-state index contributed by atoms with van der Waals surface area (Å²) in [6.07, 6.45) is -0.202. The third-order valence-electron chi connectivity index (χ3n) is 4.94. The van der Waals surface area contributed by atoms with E-state index < -0.39 is 11.9 Å². The minimum atomic E-state index is -4.41. The average molecular weight is 503 g/mol. The van der Waals surface area contributed by atoms with Crippen molar-refractivity contribution in [2.24, 2.45) is 0 Å². The summed E-state index contributed by atoms with van der Waals surface area (Å²) in [5.74, 6) is 0.487. The second-order valence-electron chi connectivity index (χ2n) is 7.71. The molecule has 0 aliphatic carbocycles. The van der Waals surface area contributed by atoms with Crippen LogP contribution in [0, 0.1) is 0 Å². The summed E-state index contributed by atoms with van der Waals surface area (Å²) in [5.41, 5.74) is 1.11. The number of pyridine rings is 2. The van der Waals surface area contributed by atoms with E-state index in [-0.39, 0.29) is 5.91 Å². The molecule has 36 heavy (non-hydrogen) atoms. The summed E-state index contributed by atoms with van der Waals surface area (Å²) in [4.78, 5) is 19.7. The van der Waals surface area contributed by atoms with Gasteiger partial charge in [0, 0.05) is 32.5 Å². The van der Waals surface area contributed by atoms with Gasteiger partial charge >= 0.3 is 6.18 Å². The summed E-state index contributed by atoms with van der Waals surface area (Å²) >= 11 is 0. The topological polar surface area (TPSA) is 91.0 Å². The fourth-order valence-electron chi connectivity index (χ4n) is 3.10. The lowest BCUT2D eigenvalue weighted by Gasteiger charge is -2.13. The Kier molecular flexibility index (Phi) is 12.2. The maximum atomic E-state index is 12.5. The van der Waals surface area contributed by atoms with Crippen molar-refractivity contribution in [2.75, 3.05) is 43.9 Å². The lowest BCUT2D eigenvalue weighted by molar-refractivity contribution is -0.141. The zero-order chi connectivity index (χ0) is 26.2. The van der Waals surface area contributed by atoms with Crippen molar-refractivity contribution in [1.29, 1.82) is 0 Å². The van der Waals surface area contributed by atoms with Gasteiger partial charge in [-0.3, -0.25) is 9.78 Å². The van der Waals surface area contributed by atoms with E-state index in [1.165, 1.54) is 18.5 Å². The zero-order valence-electron chi connectivity index (χ0n) is 20.5. The van der Waals surface area contributed by atoms with Crippen molar-refractivity contribution in [3.8, 4) is 0 Å². The molecule has 4 N–H and O–H groups in total. The molecule has 0 aliphatic heterocycles. The monoisotopic (exact) mass is 502 g/mol. The minimum Gasteiger partial charge on any atom is -0.382 e. The second kappa shape index (κ2) is 15.4. The molecule has 10 heteroatoms. The van der Waals surface area contributed by atoms with Crippen LogP contribution in [0.5, 0.6) is 0 Å². The maximum Gasteiger partial charge on any atom is 0.433 e. The fourth-order valence-corrected chi connectivity index (χ4v) is 3.10. The van der Waals surface area contributed by atoms with Crippen LogP contribution in [0.2, 0.25) is 0 Å². The standard InChI is InChI=1S/C20H27F3N6O.C6H6/c1-3-26-19(30)15-11-16(18(24-2)29-13-15)27-9-4-8-25-10-7-14-5-6-17(28-12-14)20(21,22)23;1-2-4-6-5-3-1/h5-6,11-13,25,27H,3-4,7-10H2,1-2H3,(H,24,29)(H,26,30);1-6H. The van der Waals surface area contributed by atoms with Crippen LogP contribution in [-0.4, -0.2) is 49.1 Å². The van der Waals surface area contributed by atoms with Crippen molar-refractivity contribution >= 4 is 17.4 Å². The molecule has 3 aromatic rings. The van der Waals surface area contributed by atoms with Gasteiger partial charge in [0.15, 0.2) is 0 Å². The average Bonchev–Trinajstić information content (AvgIpc) is 2.89. The van der Waals surface area contributed by atoms with E-state index in [0.29, 0.717) is 37.4 Å². The van der Waals surface area contributed by atoms with Gasteiger partial charge in [0.2, 0.25) is 0 Å². The highest BCUT2D eigenvalue weighted by Crippen LogP contribution is 2.27. The lowest BCUT2D eigenvalue weighted by Crippen LogP contribution is -2.23. The van der Waals surface area contributed by atoms with Crippen LogP contribution in [0.3, 0.4) is 0 Å².